The lowest BCUT2D eigenvalue weighted by Gasteiger charge is -2.14. The van der Waals surface area contributed by atoms with E-state index in [0.717, 1.165) is 26.6 Å². The number of aromatic nitrogens is 3. The zero-order chi connectivity index (χ0) is 22.0. The Kier molecular flexibility index (Phi) is 6.52. The third kappa shape index (κ3) is 4.29. The molecule has 0 saturated heterocycles. The third-order valence-corrected chi connectivity index (χ3v) is 6.25. The van der Waals surface area contributed by atoms with Crippen LogP contribution in [0.4, 0.5) is 4.39 Å². The quantitative estimate of drug-likeness (QED) is 0.345. The molecular weight excluding hydrogens is 483 g/mol. The van der Waals surface area contributed by atoms with Gasteiger partial charge in [0.15, 0.2) is 11.0 Å². The highest BCUT2D eigenvalue weighted by molar-refractivity contribution is 9.10. The molecule has 0 bridgehead atoms. The van der Waals surface area contributed by atoms with Crippen LogP contribution in [0.25, 0.3) is 5.69 Å². The van der Waals surface area contributed by atoms with Gasteiger partial charge in [0, 0.05) is 22.0 Å². The van der Waals surface area contributed by atoms with Crippen molar-refractivity contribution in [1.82, 2.24) is 14.8 Å². The van der Waals surface area contributed by atoms with Gasteiger partial charge < -0.3 is 4.74 Å². The van der Waals surface area contributed by atoms with E-state index in [9.17, 15) is 9.18 Å². The van der Waals surface area contributed by atoms with Crippen molar-refractivity contribution in [3.63, 3.8) is 0 Å². The van der Waals surface area contributed by atoms with Gasteiger partial charge in [-0.1, -0.05) is 46.7 Å². The first-order valence-electron chi connectivity index (χ1n) is 9.81. The summed E-state index contributed by atoms with van der Waals surface area (Å²) in [7, 11) is 1.36. The Labute approximate surface area is 192 Å². The number of thioether (sulfide) groups is 1. The predicted octanol–water partition coefficient (Wildman–Crippen LogP) is 5.13. The summed E-state index contributed by atoms with van der Waals surface area (Å²) < 4.78 is 22.5. The zero-order valence-corrected chi connectivity index (χ0v) is 19.4. The fourth-order valence-electron chi connectivity index (χ4n) is 3.54. The molecule has 1 aliphatic rings. The molecule has 1 aromatic heterocycles. The molecule has 0 N–H and O–H groups in total. The van der Waals surface area contributed by atoms with Crippen molar-refractivity contribution >= 4 is 39.4 Å². The molecule has 0 radical (unpaired) electrons. The highest BCUT2D eigenvalue weighted by Gasteiger charge is 2.30. The molecule has 0 spiro atoms. The molecule has 160 valence electrons. The van der Waals surface area contributed by atoms with Crippen LogP contribution in [0, 0.1) is 5.82 Å². The van der Waals surface area contributed by atoms with Gasteiger partial charge in [0.2, 0.25) is 0 Å². The maximum atomic E-state index is 14.8. The van der Waals surface area contributed by atoms with Crippen molar-refractivity contribution in [3.8, 4) is 5.69 Å². The van der Waals surface area contributed by atoms with Gasteiger partial charge in [-0.15, -0.1) is 10.2 Å². The van der Waals surface area contributed by atoms with Crippen molar-refractivity contribution in [2.45, 2.75) is 31.0 Å². The monoisotopic (exact) mass is 502 g/mol. The van der Waals surface area contributed by atoms with Crippen LogP contribution in [0.15, 0.2) is 57.1 Å². The van der Waals surface area contributed by atoms with E-state index >= 15 is 0 Å². The van der Waals surface area contributed by atoms with Crippen LogP contribution in [-0.2, 0) is 9.53 Å². The van der Waals surface area contributed by atoms with Crippen molar-refractivity contribution < 1.29 is 13.9 Å². The Morgan fingerprint density at radius 1 is 1.23 bits per heavy atom. The van der Waals surface area contributed by atoms with E-state index in [0.29, 0.717) is 23.5 Å². The molecular formula is C22H20BrFN4O2S. The summed E-state index contributed by atoms with van der Waals surface area (Å²) >= 11 is 5.10. The van der Waals surface area contributed by atoms with E-state index in [-0.39, 0.29) is 18.2 Å². The zero-order valence-electron chi connectivity index (χ0n) is 17.0. The topological polar surface area (TPSA) is 69.4 Å². The van der Waals surface area contributed by atoms with Crippen LogP contribution < -0.4 is 0 Å². The summed E-state index contributed by atoms with van der Waals surface area (Å²) in [6.45, 7) is 2.04. The summed E-state index contributed by atoms with van der Waals surface area (Å²) in [5.74, 6) is 0.744. The number of ether oxygens (including phenoxy) is 1. The highest BCUT2D eigenvalue weighted by atomic mass is 79.9. The first-order chi connectivity index (χ1) is 15.0. The molecule has 0 aliphatic carbocycles. The second kappa shape index (κ2) is 9.32. The average molecular weight is 503 g/mol. The number of esters is 1. The number of halogens is 2. The fourth-order valence-corrected chi connectivity index (χ4v) is 4.58. The average Bonchev–Trinajstić information content (AvgIpc) is 3.12. The van der Waals surface area contributed by atoms with Gasteiger partial charge in [0.1, 0.15) is 11.9 Å². The number of carbonyl (C=O) groups excluding carboxylic acids is 1. The van der Waals surface area contributed by atoms with Gasteiger partial charge in [0.25, 0.3) is 0 Å². The van der Waals surface area contributed by atoms with Crippen molar-refractivity contribution in [1.29, 1.82) is 0 Å². The molecule has 0 saturated carbocycles. The molecule has 2 heterocycles. The van der Waals surface area contributed by atoms with Gasteiger partial charge >= 0.3 is 5.97 Å². The van der Waals surface area contributed by atoms with Crippen LogP contribution in [0.3, 0.4) is 0 Å². The number of benzene rings is 2. The molecule has 4 rings (SSSR count). The largest absolute Gasteiger partial charge is 0.469 e. The van der Waals surface area contributed by atoms with E-state index in [1.165, 1.54) is 13.2 Å². The van der Waals surface area contributed by atoms with Gasteiger partial charge in [-0.25, -0.2) is 4.39 Å². The number of hydrogen-bond donors (Lipinski definition) is 0. The van der Waals surface area contributed by atoms with Crippen LogP contribution in [-0.4, -0.2) is 39.3 Å². The first kappa shape index (κ1) is 21.7. The van der Waals surface area contributed by atoms with Gasteiger partial charge in [-0.2, -0.15) is 0 Å². The third-order valence-electron chi connectivity index (χ3n) is 4.95. The van der Waals surface area contributed by atoms with Crippen LogP contribution in [0.2, 0.25) is 0 Å². The SMILES string of the molecule is CCSc1nnc2n1-c1ccc(Br)cc1C(c1ccccc1F)=N[C@H]2CCC(=O)OC. The van der Waals surface area contributed by atoms with Gasteiger partial charge in [0.05, 0.1) is 18.5 Å². The Bertz CT molecular complexity index is 1160. The van der Waals surface area contributed by atoms with E-state index in [1.54, 1.807) is 30.0 Å². The van der Waals surface area contributed by atoms with Crippen LogP contribution in [0.5, 0.6) is 0 Å². The Morgan fingerprint density at radius 2 is 2.03 bits per heavy atom. The van der Waals surface area contributed by atoms with Gasteiger partial charge in [-0.3, -0.25) is 14.4 Å². The molecule has 31 heavy (non-hydrogen) atoms. The number of nitrogens with zero attached hydrogens (tertiary/aromatic N) is 4. The summed E-state index contributed by atoms with van der Waals surface area (Å²) in [5.41, 5.74) is 2.50. The molecule has 0 fully saturated rings. The second-order valence-electron chi connectivity index (χ2n) is 6.86. The lowest BCUT2D eigenvalue weighted by atomic mass is 10.00. The minimum atomic E-state index is -0.487. The Morgan fingerprint density at radius 3 is 2.77 bits per heavy atom. The molecule has 9 heteroatoms. The highest BCUT2D eigenvalue weighted by Crippen LogP contribution is 2.36. The number of hydrogen-bond acceptors (Lipinski definition) is 6. The lowest BCUT2D eigenvalue weighted by Crippen LogP contribution is -2.10. The lowest BCUT2D eigenvalue weighted by molar-refractivity contribution is -0.140. The first-order valence-corrected chi connectivity index (χ1v) is 11.6. The van der Waals surface area contributed by atoms with Crippen LogP contribution >= 0.6 is 27.7 Å². The fraction of sp³-hybridized carbons (Fsp3) is 0.273. The number of fused-ring (bicyclic) bond motifs is 3. The van der Waals surface area contributed by atoms with Crippen molar-refractivity contribution in [2.75, 3.05) is 12.9 Å². The minimum absolute atomic E-state index is 0.165. The normalized spacial score (nSPS) is 15.0. The molecule has 1 atom stereocenters. The molecule has 3 aromatic rings. The summed E-state index contributed by atoms with van der Waals surface area (Å²) in [6.07, 6.45) is 0.535. The second-order valence-corrected chi connectivity index (χ2v) is 9.01. The van der Waals surface area contributed by atoms with Crippen molar-refractivity contribution in [3.05, 3.63) is 69.7 Å². The molecule has 1 aliphatic heterocycles. The summed E-state index contributed by atoms with van der Waals surface area (Å²) in [5, 5.41) is 9.52. The predicted molar refractivity (Wildman–Crippen MR) is 121 cm³/mol. The maximum absolute atomic E-state index is 14.8. The van der Waals surface area contributed by atoms with E-state index in [2.05, 4.69) is 26.1 Å². The number of rotatable bonds is 6. The maximum Gasteiger partial charge on any atom is 0.305 e. The number of methoxy groups -OCH3 is 1. The summed E-state index contributed by atoms with van der Waals surface area (Å²) in [6, 6.07) is 11.9. The molecule has 0 amide bonds. The van der Waals surface area contributed by atoms with E-state index in [4.69, 9.17) is 9.73 Å². The minimum Gasteiger partial charge on any atom is -0.469 e. The van der Waals surface area contributed by atoms with Crippen molar-refractivity contribution in [2.24, 2.45) is 4.99 Å². The summed E-state index contributed by atoms with van der Waals surface area (Å²) in [4.78, 5) is 16.8. The molecule has 0 unspecified atom stereocenters. The Balaban J connectivity index is 1.96. The standard InChI is InChI=1S/C22H20BrFN4O2S/c1-3-31-22-27-26-21-17(9-11-19(29)30-2)25-20(14-6-4-5-7-16(14)24)15-12-13(23)8-10-18(15)28(21)22/h4-8,10,12,17H,3,9,11H2,1-2H3/t17-/m0/s1. The number of aliphatic imine (C=N–C) groups is 1. The van der Waals surface area contributed by atoms with Crippen LogP contribution in [0.1, 0.15) is 42.8 Å². The molecule has 2 aromatic carbocycles. The van der Waals surface area contributed by atoms with E-state index < -0.39 is 6.04 Å². The van der Waals surface area contributed by atoms with E-state index in [1.807, 2.05) is 29.7 Å². The van der Waals surface area contributed by atoms with Gasteiger partial charge in [-0.05, 0) is 42.5 Å². The number of carbonyl (C=O) groups is 1. The Hall–Kier alpha value is -2.52. The smallest absolute Gasteiger partial charge is 0.305 e. The molecule has 6 nitrogen and oxygen atoms in total.